The number of rotatable bonds is 9. The highest BCUT2D eigenvalue weighted by atomic mass is 127. The van der Waals surface area contributed by atoms with Crippen molar-refractivity contribution >= 4 is 29.9 Å². The van der Waals surface area contributed by atoms with E-state index in [-0.39, 0.29) is 30.1 Å². The number of aliphatic imine (C=N–C) groups is 1. The minimum atomic E-state index is 0. The van der Waals surface area contributed by atoms with Crippen molar-refractivity contribution in [2.24, 2.45) is 4.99 Å². The van der Waals surface area contributed by atoms with Crippen molar-refractivity contribution in [3.05, 3.63) is 54.2 Å². The summed E-state index contributed by atoms with van der Waals surface area (Å²) in [6.45, 7) is 6.40. The molecule has 1 aliphatic heterocycles. The first-order chi connectivity index (χ1) is 14.8. The van der Waals surface area contributed by atoms with E-state index in [1.54, 1.807) is 7.11 Å². The van der Waals surface area contributed by atoms with Gasteiger partial charge in [-0.25, -0.2) is 9.98 Å². The third-order valence-electron chi connectivity index (χ3n) is 4.87. The lowest BCUT2D eigenvalue weighted by Crippen LogP contribution is -2.47. The van der Waals surface area contributed by atoms with Crippen LogP contribution in [0.1, 0.15) is 25.3 Å². The normalized spacial score (nSPS) is 14.6. The topological polar surface area (TPSA) is 68.2 Å². The first kappa shape index (κ1) is 25.2. The molecule has 0 atom stereocenters. The van der Waals surface area contributed by atoms with Crippen LogP contribution in [0, 0.1) is 0 Å². The number of likely N-dealkylation sites (tertiary alicyclic amines) is 1. The number of ether oxygens (including phenoxy) is 3. The number of benzene rings is 1. The maximum Gasteiger partial charge on any atom is 0.213 e. The molecule has 1 aliphatic rings. The van der Waals surface area contributed by atoms with Gasteiger partial charge < -0.3 is 24.4 Å². The van der Waals surface area contributed by atoms with Gasteiger partial charge in [-0.2, -0.15) is 0 Å². The Bertz CT molecular complexity index is 766. The number of aromatic nitrogens is 1. The molecule has 31 heavy (non-hydrogen) atoms. The largest absolute Gasteiger partial charge is 0.490 e. The molecule has 7 nitrogen and oxygen atoms in total. The maximum atomic E-state index is 6.10. The average Bonchev–Trinajstić information content (AvgIpc) is 2.79. The highest BCUT2D eigenvalue weighted by molar-refractivity contribution is 14.0. The van der Waals surface area contributed by atoms with Gasteiger partial charge in [-0.05, 0) is 24.6 Å². The van der Waals surface area contributed by atoms with E-state index in [4.69, 9.17) is 19.2 Å². The third kappa shape index (κ3) is 8.53. The van der Waals surface area contributed by atoms with Gasteiger partial charge in [-0.15, -0.1) is 24.0 Å². The lowest BCUT2D eigenvalue weighted by atomic mass is 10.1. The monoisotopic (exact) mass is 540 g/mol. The number of piperidine rings is 1. The maximum absolute atomic E-state index is 6.10. The first-order valence-corrected chi connectivity index (χ1v) is 10.6. The van der Waals surface area contributed by atoms with E-state index >= 15 is 0 Å². The van der Waals surface area contributed by atoms with Crippen molar-refractivity contribution in [3.63, 3.8) is 0 Å². The zero-order valence-corrected chi connectivity index (χ0v) is 20.7. The molecule has 0 saturated carbocycles. The van der Waals surface area contributed by atoms with Crippen molar-refractivity contribution < 1.29 is 14.2 Å². The molecule has 170 valence electrons. The summed E-state index contributed by atoms with van der Waals surface area (Å²) >= 11 is 0. The lowest BCUT2D eigenvalue weighted by molar-refractivity contribution is 0.129. The predicted octanol–water partition coefficient (Wildman–Crippen LogP) is 3.73. The Balaban J connectivity index is 0.00000341. The molecule has 1 aromatic heterocycles. The van der Waals surface area contributed by atoms with Crippen LogP contribution >= 0.6 is 24.0 Å². The molecular formula is C23H33IN4O3. The minimum absolute atomic E-state index is 0. The highest BCUT2D eigenvalue weighted by Gasteiger charge is 2.22. The van der Waals surface area contributed by atoms with Crippen molar-refractivity contribution in [1.82, 2.24) is 15.2 Å². The molecule has 1 fully saturated rings. The molecule has 0 spiro atoms. The van der Waals surface area contributed by atoms with Gasteiger partial charge >= 0.3 is 0 Å². The van der Waals surface area contributed by atoms with Crippen LogP contribution in [-0.2, 0) is 11.3 Å². The number of hydrogen-bond donors (Lipinski definition) is 1. The van der Waals surface area contributed by atoms with Gasteiger partial charge in [-0.1, -0.05) is 24.3 Å². The molecule has 0 aliphatic carbocycles. The Kier molecular flexibility index (Phi) is 11.4. The molecule has 0 radical (unpaired) electrons. The second kappa shape index (κ2) is 14.1. The standard InChI is InChI=1S/C23H32N4O3.HI/c1-3-24-23(26-18-19-9-10-22(25-17-19)29-16-15-28-2)27-13-11-21(12-14-27)30-20-7-5-4-6-8-20;/h4-10,17,21H,3,11-16,18H2,1-2H3,(H,24,26);1H. The van der Waals surface area contributed by atoms with E-state index in [1.807, 2.05) is 48.7 Å². The van der Waals surface area contributed by atoms with Crippen LogP contribution in [0.2, 0.25) is 0 Å². The van der Waals surface area contributed by atoms with Gasteiger partial charge in [-0.3, -0.25) is 0 Å². The fourth-order valence-corrected chi connectivity index (χ4v) is 3.29. The zero-order valence-electron chi connectivity index (χ0n) is 18.3. The van der Waals surface area contributed by atoms with Crippen molar-refractivity contribution in [3.8, 4) is 11.6 Å². The van der Waals surface area contributed by atoms with Gasteiger partial charge in [0.05, 0.1) is 13.2 Å². The summed E-state index contributed by atoms with van der Waals surface area (Å²) in [5, 5.41) is 3.41. The fourth-order valence-electron chi connectivity index (χ4n) is 3.29. The summed E-state index contributed by atoms with van der Waals surface area (Å²) in [4.78, 5) is 11.5. The number of guanidine groups is 1. The van der Waals surface area contributed by atoms with Gasteiger partial charge in [0, 0.05) is 51.8 Å². The van der Waals surface area contributed by atoms with Crippen molar-refractivity contribution in [2.45, 2.75) is 32.4 Å². The first-order valence-electron chi connectivity index (χ1n) is 10.6. The van der Waals surface area contributed by atoms with Crippen LogP contribution in [0.25, 0.3) is 0 Å². The number of nitrogens with zero attached hydrogens (tertiary/aromatic N) is 3. The van der Waals surface area contributed by atoms with Crippen LogP contribution in [0.3, 0.4) is 0 Å². The Hall–Kier alpha value is -2.07. The van der Waals surface area contributed by atoms with Crippen molar-refractivity contribution in [1.29, 1.82) is 0 Å². The Labute approximate surface area is 202 Å². The quantitative estimate of drug-likeness (QED) is 0.226. The number of pyridine rings is 1. The SMILES string of the molecule is CCNC(=NCc1ccc(OCCOC)nc1)N1CCC(Oc2ccccc2)CC1.I. The van der Waals surface area contributed by atoms with Gasteiger partial charge in [0.15, 0.2) is 5.96 Å². The molecule has 1 N–H and O–H groups in total. The Morgan fingerprint density at radius 3 is 2.55 bits per heavy atom. The molecular weight excluding hydrogens is 507 g/mol. The molecule has 1 aromatic carbocycles. The molecule has 0 amide bonds. The molecule has 1 saturated heterocycles. The van der Waals surface area contributed by atoms with E-state index in [2.05, 4.69) is 22.1 Å². The minimum Gasteiger partial charge on any atom is -0.490 e. The molecule has 2 aromatic rings. The van der Waals surface area contributed by atoms with Gasteiger partial charge in [0.25, 0.3) is 0 Å². The molecule has 8 heteroatoms. The van der Waals surface area contributed by atoms with E-state index in [1.165, 1.54) is 0 Å². The second-order valence-electron chi connectivity index (χ2n) is 7.13. The Morgan fingerprint density at radius 2 is 1.90 bits per heavy atom. The van der Waals surface area contributed by atoms with Gasteiger partial charge in [0.1, 0.15) is 18.5 Å². The summed E-state index contributed by atoms with van der Waals surface area (Å²) in [6.07, 6.45) is 4.03. The van der Waals surface area contributed by atoms with Crippen LogP contribution in [0.5, 0.6) is 11.6 Å². The lowest BCUT2D eigenvalue weighted by Gasteiger charge is -2.34. The number of halogens is 1. The number of para-hydroxylation sites is 1. The van der Waals surface area contributed by atoms with E-state index < -0.39 is 0 Å². The van der Waals surface area contributed by atoms with E-state index in [0.717, 1.165) is 49.7 Å². The highest BCUT2D eigenvalue weighted by Crippen LogP contribution is 2.19. The van der Waals surface area contributed by atoms with E-state index in [0.29, 0.717) is 25.6 Å². The predicted molar refractivity (Wildman–Crippen MR) is 134 cm³/mol. The van der Waals surface area contributed by atoms with Gasteiger partial charge in [0.2, 0.25) is 5.88 Å². The fraction of sp³-hybridized carbons (Fsp3) is 0.478. The summed E-state index contributed by atoms with van der Waals surface area (Å²) in [7, 11) is 1.65. The molecule has 0 bridgehead atoms. The number of methoxy groups -OCH3 is 1. The van der Waals surface area contributed by atoms with Crippen molar-refractivity contribution in [2.75, 3.05) is 40.0 Å². The molecule has 3 rings (SSSR count). The van der Waals surface area contributed by atoms with E-state index in [9.17, 15) is 0 Å². The zero-order chi connectivity index (χ0) is 21.0. The van der Waals surface area contributed by atoms with Crippen LogP contribution in [0.15, 0.2) is 53.7 Å². The summed E-state index contributed by atoms with van der Waals surface area (Å²) in [5.41, 5.74) is 1.05. The summed E-state index contributed by atoms with van der Waals surface area (Å²) in [6, 6.07) is 13.9. The van der Waals surface area contributed by atoms with Crippen LogP contribution in [-0.4, -0.2) is 61.9 Å². The average molecular weight is 540 g/mol. The van der Waals surface area contributed by atoms with Crippen LogP contribution < -0.4 is 14.8 Å². The molecule has 0 unspecified atom stereocenters. The smallest absolute Gasteiger partial charge is 0.213 e. The summed E-state index contributed by atoms with van der Waals surface area (Å²) < 4.78 is 16.6. The number of nitrogens with one attached hydrogen (secondary N) is 1. The number of hydrogen-bond acceptors (Lipinski definition) is 5. The molecule has 2 heterocycles. The summed E-state index contributed by atoms with van der Waals surface area (Å²) in [5.74, 6) is 2.49. The Morgan fingerprint density at radius 1 is 1.13 bits per heavy atom. The van der Waals surface area contributed by atoms with Crippen LogP contribution in [0.4, 0.5) is 0 Å². The third-order valence-corrected chi connectivity index (χ3v) is 4.87. The second-order valence-corrected chi connectivity index (χ2v) is 7.13.